The van der Waals surface area contributed by atoms with Gasteiger partial charge in [0.1, 0.15) is 6.10 Å². The number of phosphoric ester groups is 1. The van der Waals surface area contributed by atoms with Crippen LogP contribution in [0, 0.1) is 0 Å². The lowest BCUT2D eigenvalue weighted by molar-refractivity contribution is -0.145. The summed E-state index contributed by atoms with van der Waals surface area (Å²) in [5, 5.41) is 18.3. The van der Waals surface area contributed by atoms with E-state index in [1.165, 1.54) is 38.5 Å². The van der Waals surface area contributed by atoms with Gasteiger partial charge in [0.05, 0.1) is 26.4 Å². The molecule has 0 bridgehead atoms. The number of amides is 2. The zero-order valence-corrected chi connectivity index (χ0v) is 33.2. The van der Waals surface area contributed by atoms with E-state index >= 15 is 0 Å². The van der Waals surface area contributed by atoms with Crippen molar-refractivity contribution in [3.63, 3.8) is 0 Å². The molecular formula is C41H74NO8P. The van der Waals surface area contributed by atoms with Crippen molar-refractivity contribution in [1.82, 2.24) is 4.90 Å². The number of carbonyl (C=O) groups excluding carboxylic acids is 2. The molecule has 3 N–H and O–H groups in total. The molecule has 0 heterocycles. The first-order valence-corrected chi connectivity index (χ1v) is 21.6. The van der Waals surface area contributed by atoms with Gasteiger partial charge in [0.2, 0.25) is 11.8 Å². The van der Waals surface area contributed by atoms with E-state index in [2.05, 4.69) is 67.0 Å². The fourth-order valence-electron chi connectivity index (χ4n) is 5.35. The van der Waals surface area contributed by atoms with E-state index < -0.39 is 27.1 Å². The number of hydrogen-bond donors (Lipinski definition) is 3. The molecule has 0 aliphatic carbocycles. The van der Waals surface area contributed by atoms with E-state index in [4.69, 9.17) is 9.63 Å². The van der Waals surface area contributed by atoms with Gasteiger partial charge >= 0.3 is 7.82 Å². The predicted molar refractivity (Wildman–Crippen MR) is 210 cm³/mol. The Hall–Kier alpha value is -1.87. The average molecular weight is 740 g/mol. The summed E-state index contributed by atoms with van der Waals surface area (Å²) in [6.07, 6.45) is 40.7. The molecule has 2 atom stereocenters. The van der Waals surface area contributed by atoms with Gasteiger partial charge in [-0.15, -0.1) is 0 Å². The molecule has 9 nitrogen and oxygen atoms in total. The molecule has 10 heteroatoms. The molecule has 0 aromatic rings. The quantitative estimate of drug-likeness (QED) is 0.0328. The summed E-state index contributed by atoms with van der Waals surface area (Å²) in [5.41, 5.74) is 0. The highest BCUT2D eigenvalue weighted by Crippen LogP contribution is 2.43. The van der Waals surface area contributed by atoms with Gasteiger partial charge in [-0.1, -0.05) is 127 Å². The highest BCUT2D eigenvalue weighted by molar-refractivity contribution is 7.47. The third-order valence-corrected chi connectivity index (χ3v) is 9.48. The lowest BCUT2D eigenvalue weighted by Gasteiger charge is -2.22. The van der Waals surface area contributed by atoms with Gasteiger partial charge in [-0.05, 0) is 77.0 Å². The van der Waals surface area contributed by atoms with Crippen LogP contribution < -0.4 is 0 Å². The van der Waals surface area contributed by atoms with Crippen LogP contribution in [0.3, 0.4) is 0 Å². The Morgan fingerprint density at radius 1 is 0.608 bits per heavy atom. The number of aliphatic hydroxyl groups excluding tert-OH is 2. The molecule has 0 aromatic heterocycles. The van der Waals surface area contributed by atoms with Crippen LogP contribution in [0.15, 0.2) is 48.6 Å². The molecular weight excluding hydrogens is 665 g/mol. The lowest BCUT2D eigenvalue weighted by atomic mass is 10.1. The maximum Gasteiger partial charge on any atom is 0.472 e. The van der Waals surface area contributed by atoms with Crippen molar-refractivity contribution in [2.45, 2.75) is 174 Å². The number of carbonyl (C=O) groups is 2. The van der Waals surface area contributed by atoms with Crippen molar-refractivity contribution in [1.29, 1.82) is 0 Å². The smallest absolute Gasteiger partial charge is 0.394 e. The van der Waals surface area contributed by atoms with E-state index in [0.29, 0.717) is 12.8 Å². The van der Waals surface area contributed by atoms with Crippen LogP contribution in [-0.2, 0) is 23.2 Å². The third-order valence-electron chi connectivity index (χ3n) is 8.49. The van der Waals surface area contributed by atoms with Crippen molar-refractivity contribution in [3.8, 4) is 0 Å². The average Bonchev–Trinajstić information content (AvgIpc) is 3.12. The monoisotopic (exact) mass is 740 g/mol. The number of unbranched alkanes of at least 4 members (excludes halogenated alkanes) is 16. The molecule has 0 saturated carbocycles. The number of imide groups is 1. The number of allylic oxidation sites excluding steroid dienone is 8. The summed E-state index contributed by atoms with van der Waals surface area (Å²) in [6.45, 7) is 2.71. The Kier molecular flexibility index (Phi) is 35.1. The van der Waals surface area contributed by atoms with Crippen molar-refractivity contribution in [2.75, 3.05) is 26.4 Å². The van der Waals surface area contributed by atoms with Crippen LogP contribution >= 0.6 is 7.82 Å². The molecule has 51 heavy (non-hydrogen) atoms. The van der Waals surface area contributed by atoms with E-state index in [1.54, 1.807) is 0 Å². The largest absolute Gasteiger partial charge is 0.472 e. The van der Waals surface area contributed by atoms with Gasteiger partial charge in [-0.25, -0.2) is 4.57 Å². The van der Waals surface area contributed by atoms with Crippen molar-refractivity contribution in [2.24, 2.45) is 0 Å². The molecule has 0 fully saturated rings. The van der Waals surface area contributed by atoms with Crippen molar-refractivity contribution < 1.29 is 38.3 Å². The Balaban J connectivity index is 4.50. The van der Waals surface area contributed by atoms with Crippen LogP contribution in [0.5, 0.6) is 0 Å². The fraction of sp³-hybridized carbons (Fsp3) is 0.756. The zero-order valence-electron chi connectivity index (χ0n) is 32.3. The second-order valence-corrected chi connectivity index (χ2v) is 14.8. The minimum absolute atomic E-state index is 0.158. The normalized spacial score (nSPS) is 14.0. The number of hydrogen-bond acceptors (Lipinski definition) is 7. The highest BCUT2D eigenvalue weighted by atomic mass is 31.2. The van der Waals surface area contributed by atoms with Gasteiger partial charge < -0.3 is 15.1 Å². The summed E-state index contributed by atoms with van der Waals surface area (Å²) in [6, 6.07) is 0. The Bertz CT molecular complexity index is 938. The Morgan fingerprint density at radius 3 is 1.41 bits per heavy atom. The Labute approximate surface area is 311 Å². The molecule has 0 rings (SSSR count). The number of nitrogens with zero attached hydrogens (tertiary/aromatic N) is 1. The van der Waals surface area contributed by atoms with Crippen LogP contribution in [0.2, 0.25) is 0 Å². The molecule has 2 amide bonds. The van der Waals surface area contributed by atoms with Crippen molar-refractivity contribution in [3.05, 3.63) is 48.6 Å². The molecule has 0 aliphatic rings. The molecule has 1 unspecified atom stereocenters. The van der Waals surface area contributed by atoms with Crippen molar-refractivity contribution >= 4 is 19.6 Å². The minimum Gasteiger partial charge on any atom is -0.394 e. The molecule has 0 spiro atoms. The fourth-order valence-corrected chi connectivity index (χ4v) is 6.10. The van der Waals surface area contributed by atoms with Gasteiger partial charge in [0.15, 0.2) is 0 Å². The third kappa shape index (κ3) is 33.7. The molecule has 0 radical (unpaired) electrons. The molecule has 296 valence electrons. The maximum atomic E-state index is 13.1. The van der Waals surface area contributed by atoms with E-state index in [-0.39, 0.29) is 37.8 Å². The SMILES string of the molecule is CCCCC/C=C\C/C=C\CCCCCCCC(=O)N(CCOP(=O)(O)OC[C@H](O)CO)C(=O)CCCCCCC/C=C\C/C=C\CCCCC. The first-order valence-electron chi connectivity index (χ1n) is 20.1. The van der Waals surface area contributed by atoms with Crippen LogP contribution in [0.25, 0.3) is 0 Å². The van der Waals surface area contributed by atoms with Gasteiger partial charge in [-0.2, -0.15) is 0 Å². The molecule has 0 saturated heterocycles. The van der Waals surface area contributed by atoms with Gasteiger partial charge in [-0.3, -0.25) is 23.5 Å². The van der Waals surface area contributed by atoms with Gasteiger partial charge in [0, 0.05) is 12.8 Å². The first kappa shape index (κ1) is 49.1. The number of rotatable bonds is 36. The summed E-state index contributed by atoms with van der Waals surface area (Å²) in [7, 11) is -4.52. The summed E-state index contributed by atoms with van der Waals surface area (Å²) < 4.78 is 21.8. The van der Waals surface area contributed by atoms with Crippen LogP contribution in [0.4, 0.5) is 0 Å². The zero-order chi connectivity index (χ0) is 37.7. The predicted octanol–water partition coefficient (Wildman–Crippen LogP) is 10.5. The molecule has 0 aliphatic heterocycles. The summed E-state index contributed by atoms with van der Waals surface area (Å²) >= 11 is 0. The second-order valence-electron chi connectivity index (χ2n) is 13.3. The van der Waals surface area contributed by atoms with E-state index in [1.807, 2.05) is 0 Å². The lowest BCUT2D eigenvalue weighted by Crippen LogP contribution is -2.39. The van der Waals surface area contributed by atoms with Crippen LogP contribution in [-0.4, -0.2) is 64.3 Å². The maximum absolute atomic E-state index is 13.1. The van der Waals surface area contributed by atoms with E-state index in [0.717, 1.165) is 94.8 Å². The number of phosphoric acid groups is 1. The Morgan fingerprint density at radius 2 is 1.00 bits per heavy atom. The first-order chi connectivity index (χ1) is 24.8. The number of aliphatic hydroxyl groups is 2. The highest BCUT2D eigenvalue weighted by Gasteiger charge is 2.25. The minimum atomic E-state index is -4.52. The van der Waals surface area contributed by atoms with Gasteiger partial charge in [0.25, 0.3) is 0 Å². The van der Waals surface area contributed by atoms with Crippen LogP contribution in [0.1, 0.15) is 168 Å². The summed E-state index contributed by atoms with van der Waals surface area (Å²) in [5.74, 6) is -0.609. The summed E-state index contributed by atoms with van der Waals surface area (Å²) in [4.78, 5) is 37.2. The topological polar surface area (TPSA) is 134 Å². The van der Waals surface area contributed by atoms with E-state index in [9.17, 15) is 24.2 Å². The standard InChI is InChI=1S/C41H74NO8P/c1-3-5-7-9-11-13-15-17-19-21-23-25-27-29-31-33-40(45)42(35-36-49-51(47,48)50-38-39(44)37-43)41(46)34-32-30-28-26-24-22-20-18-16-14-12-10-8-6-4-2/h11-14,17-20,39,43-44H,3-10,15-16,21-38H2,1-2H3,(H,47,48)/b13-11-,14-12-,19-17-,20-18-/t39-/m1/s1. The molecule has 0 aromatic carbocycles. The second kappa shape index (κ2) is 36.5.